The molecule has 98 valence electrons. The summed E-state index contributed by atoms with van der Waals surface area (Å²) in [6.45, 7) is 13.1. The minimum absolute atomic E-state index is 0.0385. The first-order valence-electron chi connectivity index (χ1n) is 6.55. The monoisotopic (exact) mass is 245 g/mol. The molecule has 2 nitrogen and oxygen atoms in total. The van der Waals surface area contributed by atoms with Gasteiger partial charge in [0.25, 0.3) is 0 Å². The van der Waals surface area contributed by atoms with Gasteiger partial charge in [0.05, 0.1) is 0 Å². The standard InChI is InChI=1S/C16H23NO/c1-15(2,3)10-11-7-8-13-12(9-11)17-14(18-13)16(4,5)6/h7-9H,10H2,1-6H3. The highest BCUT2D eigenvalue weighted by atomic mass is 16.3. The Morgan fingerprint density at radius 3 is 2.28 bits per heavy atom. The highest BCUT2D eigenvalue weighted by Gasteiger charge is 2.21. The number of oxazole rings is 1. The van der Waals surface area contributed by atoms with Crippen molar-refractivity contribution in [3.8, 4) is 0 Å². The Morgan fingerprint density at radius 1 is 1.06 bits per heavy atom. The lowest BCUT2D eigenvalue weighted by Crippen LogP contribution is -2.11. The molecule has 2 heteroatoms. The Bertz CT molecular complexity index is 552. The predicted molar refractivity (Wildman–Crippen MR) is 75.9 cm³/mol. The molecule has 0 saturated carbocycles. The molecule has 0 atom stereocenters. The van der Waals surface area contributed by atoms with Crippen LogP contribution in [0.2, 0.25) is 0 Å². The molecule has 0 fully saturated rings. The van der Waals surface area contributed by atoms with Gasteiger partial charge >= 0.3 is 0 Å². The third-order valence-electron chi connectivity index (χ3n) is 2.83. The smallest absolute Gasteiger partial charge is 0.200 e. The van der Waals surface area contributed by atoms with Gasteiger partial charge in [0.1, 0.15) is 5.52 Å². The topological polar surface area (TPSA) is 26.0 Å². The van der Waals surface area contributed by atoms with E-state index in [4.69, 9.17) is 4.42 Å². The van der Waals surface area contributed by atoms with Crippen molar-refractivity contribution in [1.82, 2.24) is 4.98 Å². The molecule has 2 rings (SSSR count). The summed E-state index contributed by atoms with van der Waals surface area (Å²) >= 11 is 0. The molecule has 0 N–H and O–H groups in total. The molecule has 0 amide bonds. The lowest BCUT2D eigenvalue weighted by Gasteiger charge is -2.17. The van der Waals surface area contributed by atoms with E-state index in [2.05, 4.69) is 58.7 Å². The van der Waals surface area contributed by atoms with Crippen LogP contribution in [0.4, 0.5) is 0 Å². The molecular formula is C16H23NO. The lowest BCUT2D eigenvalue weighted by molar-refractivity contribution is 0.410. The largest absolute Gasteiger partial charge is 0.440 e. The zero-order valence-corrected chi connectivity index (χ0v) is 12.3. The molecule has 2 aromatic rings. The normalized spacial score (nSPS) is 13.2. The van der Waals surface area contributed by atoms with E-state index in [1.165, 1.54) is 5.56 Å². The van der Waals surface area contributed by atoms with E-state index in [-0.39, 0.29) is 5.41 Å². The zero-order chi connectivity index (χ0) is 13.6. The third-order valence-corrected chi connectivity index (χ3v) is 2.83. The summed E-state index contributed by atoms with van der Waals surface area (Å²) in [5.74, 6) is 0.811. The maximum Gasteiger partial charge on any atom is 0.200 e. The molecule has 1 aromatic carbocycles. The van der Waals surface area contributed by atoms with Gasteiger partial charge in [0.2, 0.25) is 5.89 Å². The molecule has 0 radical (unpaired) electrons. The Morgan fingerprint density at radius 2 is 1.72 bits per heavy atom. The molecule has 1 aromatic heterocycles. The van der Waals surface area contributed by atoms with Crippen LogP contribution in [0.5, 0.6) is 0 Å². The summed E-state index contributed by atoms with van der Waals surface area (Å²) in [5.41, 5.74) is 3.44. The first-order chi connectivity index (χ1) is 8.15. The van der Waals surface area contributed by atoms with Gasteiger partial charge in [0.15, 0.2) is 5.58 Å². The van der Waals surface area contributed by atoms with Gasteiger partial charge in [-0.2, -0.15) is 0 Å². The predicted octanol–water partition coefficient (Wildman–Crippen LogP) is 4.71. The molecule has 18 heavy (non-hydrogen) atoms. The molecule has 0 aliphatic heterocycles. The maximum atomic E-state index is 5.81. The van der Waals surface area contributed by atoms with Crippen LogP contribution in [0.1, 0.15) is 53.0 Å². The van der Waals surface area contributed by atoms with E-state index in [0.29, 0.717) is 5.41 Å². The fourth-order valence-corrected chi connectivity index (χ4v) is 2.02. The molecule has 0 aliphatic rings. The van der Waals surface area contributed by atoms with Gasteiger partial charge in [-0.05, 0) is 29.5 Å². The average Bonchev–Trinajstić information content (AvgIpc) is 2.57. The SMILES string of the molecule is CC(C)(C)Cc1ccc2oc(C(C)(C)C)nc2c1. The van der Waals surface area contributed by atoms with Crippen LogP contribution in [0.3, 0.4) is 0 Å². The second kappa shape index (κ2) is 4.11. The number of nitrogens with zero attached hydrogens (tertiary/aromatic N) is 1. The van der Waals surface area contributed by atoms with Crippen LogP contribution in [0, 0.1) is 5.41 Å². The lowest BCUT2D eigenvalue weighted by atomic mass is 9.88. The Labute approximate surface area is 109 Å². The van der Waals surface area contributed by atoms with E-state index >= 15 is 0 Å². The summed E-state index contributed by atoms with van der Waals surface area (Å²) in [7, 11) is 0. The number of benzene rings is 1. The van der Waals surface area contributed by atoms with E-state index in [1.807, 2.05) is 6.07 Å². The van der Waals surface area contributed by atoms with Crippen LogP contribution in [-0.4, -0.2) is 4.98 Å². The van der Waals surface area contributed by atoms with Crippen molar-refractivity contribution in [1.29, 1.82) is 0 Å². The van der Waals surface area contributed by atoms with Crippen molar-refractivity contribution >= 4 is 11.1 Å². The van der Waals surface area contributed by atoms with Gasteiger partial charge in [-0.1, -0.05) is 47.6 Å². The van der Waals surface area contributed by atoms with E-state index in [0.717, 1.165) is 23.4 Å². The Hall–Kier alpha value is -1.31. The van der Waals surface area contributed by atoms with Crippen molar-refractivity contribution in [2.75, 3.05) is 0 Å². The van der Waals surface area contributed by atoms with Crippen molar-refractivity contribution in [3.63, 3.8) is 0 Å². The number of rotatable bonds is 1. The van der Waals surface area contributed by atoms with Crippen molar-refractivity contribution in [2.24, 2.45) is 5.41 Å². The summed E-state index contributed by atoms with van der Waals surface area (Å²) < 4.78 is 5.81. The summed E-state index contributed by atoms with van der Waals surface area (Å²) in [6.07, 6.45) is 1.06. The molecule has 0 spiro atoms. The van der Waals surface area contributed by atoms with Crippen LogP contribution < -0.4 is 0 Å². The van der Waals surface area contributed by atoms with Crippen LogP contribution in [-0.2, 0) is 11.8 Å². The molecular weight excluding hydrogens is 222 g/mol. The fourth-order valence-electron chi connectivity index (χ4n) is 2.02. The minimum Gasteiger partial charge on any atom is -0.440 e. The first-order valence-corrected chi connectivity index (χ1v) is 6.55. The van der Waals surface area contributed by atoms with Gasteiger partial charge in [-0.3, -0.25) is 0 Å². The molecule has 1 heterocycles. The number of aromatic nitrogens is 1. The maximum absolute atomic E-state index is 5.81. The highest BCUT2D eigenvalue weighted by Crippen LogP contribution is 2.28. The van der Waals surface area contributed by atoms with Gasteiger partial charge in [-0.25, -0.2) is 4.98 Å². The highest BCUT2D eigenvalue weighted by molar-refractivity contribution is 5.73. The number of hydrogen-bond donors (Lipinski definition) is 0. The third kappa shape index (κ3) is 2.92. The number of hydrogen-bond acceptors (Lipinski definition) is 2. The van der Waals surface area contributed by atoms with E-state index < -0.39 is 0 Å². The van der Waals surface area contributed by atoms with Crippen LogP contribution in [0.25, 0.3) is 11.1 Å². The minimum atomic E-state index is -0.0385. The summed E-state index contributed by atoms with van der Waals surface area (Å²) in [6, 6.07) is 6.34. The van der Waals surface area contributed by atoms with Crippen molar-refractivity contribution < 1.29 is 4.42 Å². The summed E-state index contributed by atoms with van der Waals surface area (Å²) in [5, 5.41) is 0. The number of fused-ring (bicyclic) bond motifs is 1. The van der Waals surface area contributed by atoms with E-state index in [1.54, 1.807) is 0 Å². The molecule has 0 unspecified atom stereocenters. The molecule has 0 bridgehead atoms. The average molecular weight is 245 g/mol. The van der Waals surface area contributed by atoms with Gasteiger partial charge in [-0.15, -0.1) is 0 Å². The molecule has 0 aliphatic carbocycles. The van der Waals surface area contributed by atoms with Crippen molar-refractivity contribution in [3.05, 3.63) is 29.7 Å². The van der Waals surface area contributed by atoms with Crippen molar-refractivity contribution in [2.45, 2.75) is 53.4 Å². The van der Waals surface area contributed by atoms with Crippen LogP contribution >= 0.6 is 0 Å². The fraction of sp³-hybridized carbons (Fsp3) is 0.562. The Balaban J connectivity index is 2.40. The first kappa shape index (κ1) is 13.1. The zero-order valence-electron chi connectivity index (χ0n) is 12.3. The Kier molecular flexibility index (Phi) is 3.00. The van der Waals surface area contributed by atoms with Gasteiger partial charge < -0.3 is 4.42 Å². The van der Waals surface area contributed by atoms with Crippen LogP contribution in [0.15, 0.2) is 22.6 Å². The second-order valence-electron chi connectivity index (χ2n) is 7.31. The second-order valence-corrected chi connectivity index (χ2v) is 7.31. The van der Waals surface area contributed by atoms with Gasteiger partial charge in [0, 0.05) is 5.41 Å². The quantitative estimate of drug-likeness (QED) is 0.727. The molecule has 0 saturated heterocycles. The summed E-state index contributed by atoms with van der Waals surface area (Å²) in [4.78, 5) is 4.61. The van der Waals surface area contributed by atoms with E-state index in [9.17, 15) is 0 Å².